The third kappa shape index (κ3) is 1.76. The van der Waals surface area contributed by atoms with Crippen LogP contribution in [0, 0.1) is 19.3 Å². The van der Waals surface area contributed by atoms with E-state index in [1.54, 1.807) is 6.33 Å². The molecule has 1 atom stereocenters. The highest BCUT2D eigenvalue weighted by Gasteiger charge is 2.26. The maximum absolute atomic E-state index is 5.98. The van der Waals surface area contributed by atoms with E-state index in [9.17, 15) is 0 Å². The minimum atomic E-state index is 0.170. The van der Waals surface area contributed by atoms with E-state index in [0.717, 1.165) is 11.0 Å². The van der Waals surface area contributed by atoms with Gasteiger partial charge in [-0.1, -0.05) is 20.8 Å². The Labute approximate surface area is 108 Å². The van der Waals surface area contributed by atoms with Gasteiger partial charge in [-0.05, 0) is 31.7 Å². The number of fused-ring (bicyclic) bond motifs is 1. The smallest absolute Gasteiger partial charge is 0.146 e. The van der Waals surface area contributed by atoms with Gasteiger partial charge in [0.15, 0.2) is 0 Å². The van der Waals surface area contributed by atoms with E-state index in [1.165, 1.54) is 11.3 Å². The first-order valence-electron chi connectivity index (χ1n) is 6.32. The summed E-state index contributed by atoms with van der Waals surface area (Å²) >= 11 is 0. The van der Waals surface area contributed by atoms with Crippen LogP contribution in [0.15, 0.2) is 6.33 Å². The molecule has 18 heavy (non-hydrogen) atoms. The molecule has 0 spiro atoms. The van der Waals surface area contributed by atoms with E-state index in [1.807, 2.05) is 0 Å². The fraction of sp³-hybridized carbons (Fsp3) is 0.571. The summed E-state index contributed by atoms with van der Waals surface area (Å²) in [5, 5.41) is 0.992. The van der Waals surface area contributed by atoms with Gasteiger partial charge in [-0.25, -0.2) is 9.97 Å². The molecule has 2 aromatic rings. The number of nitrogens with zero attached hydrogens (tertiary/aromatic N) is 3. The molecule has 0 aliphatic carbocycles. The Morgan fingerprint density at radius 2 is 1.83 bits per heavy atom. The van der Waals surface area contributed by atoms with Crippen molar-refractivity contribution in [1.29, 1.82) is 0 Å². The van der Waals surface area contributed by atoms with Gasteiger partial charge in [-0.3, -0.25) is 0 Å². The predicted octanol–water partition coefficient (Wildman–Crippen LogP) is 3.24. The lowest BCUT2D eigenvalue weighted by Crippen LogP contribution is -2.22. The van der Waals surface area contributed by atoms with Crippen molar-refractivity contribution in [1.82, 2.24) is 14.5 Å². The van der Waals surface area contributed by atoms with Crippen LogP contribution < -0.4 is 5.73 Å². The van der Waals surface area contributed by atoms with Gasteiger partial charge in [0.2, 0.25) is 0 Å². The molecule has 0 radical (unpaired) electrons. The molecule has 0 fully saturated rings. The van der Waals surface area contributed by atoms with Crippen molar-refractivity contribution in [3.05, 3.63) is 17.6 Å². The average Bonchev–Trinajstić information content (AvgIpc) is 2.51. The van der Waals surface area contributed by atoms with Crippen molar-refractivity contribution in [2.45, 2.75) is 47.6 Å². The van der Waals surface area contributed by atoms with Crippen LogP contribution >= 0.6 is 0 Å². The monoisotopic (exact) mass is 246 g/mol. The topological polar surface area (TPSA) is 56.7 Å². The highest BCUT2D eigenvalue weighted by atomic mass is 15.1. The summed E-state index contributed by atoms with van der Waals surface area (Å²) < 4.78 is 2.28. The van der Waals surface area contributed by atoms with Gasteiger partial charge >= 0.3 is 0 Å². The standard InChI is InChI=1S/C14H22N4/c1-8-9(2)18(10(3)14(4,5)6)13-11(8)12(15)16-7-17-13/h7,10H,1-6H3,(H2,15,16,17). The number of hydrogen-bond donors (Lipinski definition) is 1. The van der Waals surface area contributed by atoms with Crippen molar-refractivity contribution in [2.24, 2.45) is 5.41 Å². The van der Waals surface area contributed by atoms with Gasteiger partial charge in [0.05, 0.1) is 5.39 Å². The Bertz CT molecular complexity index is 590. The lowest BCUT2D eigenvalue weighted by molar-refractivity contribution is 0.264. The fourth-order valence-electron chi connectivity index (χ4n) is 2.31. The molecule has 98 valence electrons. The lowest BCUT2D eigenvalue weighted by atomic mass is 9.88. The van der Waals surface area contributed by atoms with E-state index in [2.05, 4.69) is 56.1 Å². The van der Waals surface area contributed by atoms with E-state index in [4.69, 9.17) is 5.73 Å². The van der Waals surface area contributed by atoms with E-state index in [0.29, 0.717) is 11.9 Å². The van der Waals surface area contributed by atoms with Gasteiger partial charge in [0, 0.05) is 11.7 Å². The van der Waals surface area contributed by atoms with E-state index >= 15 is 0 Å². The molecule has 4 heteroatoms. The van der Waals surface area contributed by atoms with Crippen molar-refractivity contribution in [3.8, 4) is 0 Å². The highest BCUT2D eigenvalue weighted by molar-refractivity contribution is 5.90. The molecule has 2 heterocycles. The molecule has 2 rings (SSSR count). The zero-order valence-electron chi connectivity index (χ0n) is 12.1. The van der Waals surface area contributed by atoms with Crippen molar-refractivity contribution < 1.29 is 0 Å². The lowest BCUT2D eigenvalue weighted by Gasteiger charge is -2.30. The van der Waals surface area contributed by atoms with Crippen molar-refractivity contribution >= 4 is 16.9 Å². The fourth-order valence-corrected chi connectivity index (χ4v) is 2.31. The minimum Gasteiger partial charge on any atom is -0.383 e. The summed E-state index contributed by atoms with van der Waals surface area (Å²) in [5.74, 6) is 0.570. The Morgan fingerprint density at radius 3 is 2.39 bits per heavy atom. The maximum Gasteiger partial charge on any atom is 0.146 e. The number of hydrogen-bond acceptors (Lipinski definition) is 3. The first kappa shape index (κ1) is 12.9. The third-order valence-electron chi connectivity index (χ3n) is 4.00. The average molecular weight is 246 g/mol. The molecule has 2 aromatic heterocycles. The van der Waals surface area contributed by atoms with E-state index < -0.39 is 0 Å². The van der Waals surface area contributed by atoms with Crippen LogP contribution in [-0.4, -0.2) is 14.5 Å². The van der Waals surface area contributed by atoms with Crippen LogP contribution in [0.2, 0.25) is 0 Å². The summed E-state index contributed by atoms with van der Waals surface area (Å²) in [4.78, 5) is 8.53. The molecule has 0 bridgehead atoms. The first-order valence-corrected chi connectivity index (χ1v) is 6.32. The molecule has 0 amide bonds. The summed E-state index contributed by atoms with van der Waals surface area (Å²) in [6.45, 7) is 13.2. The quantitative estimate of drug-likeness (QED) is 0.840. The van der Waals surface area contributed by atoms with Gasteiger partial charge in [-0.15, -0.1) is 0 Å². The normalized spacial score (nSPS) is 14.1. The second-order valence-electron chi connectivity index (χ2n) is 6.08. The molecule has 0 aliphatic heterocycles. The van der Waals surface area contributed by atoms with Gasteiger partial charge < -0.3 is 10.3 Å². The third-order valence-corrected chi connectivity index (χ3v) is 4.00. The molecular weight excluding hydrogens is 224 g/mol. The first-order chi connectivity index (χ1) is 8.25. The maximum atomic E-state index is 5.98. The Morgan fingerprint density at radius 1 is 1.22 bits per heavy atom. The Hall–Kier alpha value is -1.58. The van der Waals surface area contributed by atoms with Gasteiger partial charge in [0.25, 0.3) is 0 Å². The zero-order valence-corrected chi connectivity index (χ0v) is 12.1. The molecular formula is C14H22N4. The zero-order chi connectivity index (χ0) is 13.7. The van der Waals surface area contributed by atoms with E-state index in [-0.39, 0.29) is 5.41 Å². The summed E-state index contributed by atoms with van der Waals surface area (Å²) in [6.07, 6.45) is 1.54. The van der Waals surface area contributed by atoms with Gasteiger partial charge in [0.1, 0.15) is 17.8 Å². The largest absolute Gasteiger partial charge is 0.383 e. The van der Waals surface area contributed by atoms with Crippen molar-refractivity contribution in [2.75, 3.05) is 5.73 Å². The van der Waals surface area contributed by atoms with Crippen LogP contribution in [0.5, 0.6) is 0 Å². The highest BCUT2D eigenvalue weighted by Crippen LogP contribution is 2.36. The van der Waals surface area contributed by atoms with Crippen LogP contribution in [0.25, 0.3) is 11.0 Å². The summed E-state index contributed by atoms with van der Waals surface area (Å²) in [6, 6.07) is 0.350. The number of nitrogens with two attached hydrogens (primary N) is 1. The molecule has 0 saturated heterocycles. The second kappa shape index (κ2) is 3.97. The van der Waals surface area contributed by atoms with Gasteiger partial charge in [-0.2, -0.15) is 0 Å². The SMILES string of the molecule is Cc1c(C)n(C(C)C(C)(C)C)c2ncnc(N)c12. The van der Waals surface area contributed by atoms with Crippen LogP contribution in [0.3, 0.4) is 0 Å². The van der Waals surface area contributed by atoms with Crippen LogP contribution in [0.1, 0.15) is 45.0 Å². The number of nitrogen functional groups attached to an aromatic ring is 1. The minimum absolute atomic E-state index is 0.170. The predicted molar refractivity (Wildman–Crippen MR) is 75.6 cm³/mol. The number of rotatable bonds is 1. The number of aromatic nitrogens is 3. The summed E-state index contributed by atoms with van der Waals surface area (Å²) in [5.41, 5.74) is 9.50. The van der Waals surface area contributed by atoms with Crippen LogP contribution in [0.4, 0.5) is 5.82 Å². The summed E-state index contributed by atoms with van der Waals surface area (Å²) in [7, 11) is 0. The molecule has 2 N–H and O–H groups in total. The van der Waals surface area contributed by atoms with Crippen molar-refractivity contribution in [3.63, 3.8) is 0 Å². The number of aryl methyl sites for hydroxylation is 1. The number of anilines is 1. The Kier molecular flexibility index (Phi) is 2.84. The molecule has 0 aromatic carbocycles. The second-order valence-corrected chi connectivity index (χ2v) is 6.08. The molecule has 0 saturated carbocycles. The molecule has 1 unspecified atom stereocenters. The molecule has 4 nitrogen and oxygen atoms in total. The molecule has 0 aliphatic rings. The van der Waals surface area contributed by atoms with Crippen LogP contribution in [-0.2, 0) is 0 Å². The Balaban J connectivity index is 2.80.